The number of anilines is 1. The number of carbonyl (C=O) groups excluding carboxylic acids is 1. The van der Waals surface area contributed by atoms with E-state index in [0.717, 1.165) is 48.6 Å². The summed E-state index contributed by atoms with van der Waals surface area (Å²) in [7, 11) is 1.68. The van der Waals surface area contributed by atoms with Crippen molar-refractivity contribution in [2.75, 3.05) is 12.0 Å². The molecule has 0 spiro atoms. The predicted molar refractivity (Wildman–Crippen MR) is 131 cm³/mol. The van der Waals surface area contributed by atoms with Crippen molar-refractivity contribution in [2.24, 2.45) is 0 Å². The van der Waals surface area contributed by atoms with Crippen LogP contribution in [0.25, 0.3) is 0 Å². The molecule has 4 nitrogen and oxygen atoms in total. The number of hydrogen-bond donors (Lipinski definition) is 0. The first kappa shape index (κ1) is 21.3. The van der Waals surface area contributed by atoms with Gasteiger partial charge in [-0.05, 0) is 41.7 Å². The van der Waals surface area contributed by atoms with Crippen LogP contribution in [0.5, 0.6) is 11.5 Å². The van der Waals surface area contributed by atoms with Crippen LogP contribution in [0.1, 0.15) is 36.0 Å². The lowest BCUT2D eigenvalue weighted by Crippen LogP contribution is -2.25. The Bertz CT molecular complexity index is 1140. The van der Waals surface area contributed by atoms with Crippen LogP contribution in [-0.2, 0) is 24.2 Å². The number of rotatable bonds is 7. The van der Waals surface area contributed by atoms with Gasteiger partial charge in [0.1, 0.15) is 6.10 Å². The van der Waals surface area contributed by atoms with Crippen molar-refractivity contribution in [3.63, 3.8) is 0 Å². The summed E-state index contributed by atoms with van der Waals surface area (Å²) in [4.78, 5) is 14.5. The number of methoxy groups -OCH3 is 1. The fraction of sp³-hybridized carbons (Fsp3) is 0.276. The molecule has 2 aliphatic rings. The second kappa shape index (κ2) is 9.53. The molecule has 168 valence electrons. The van der Waals surface area contributed by atoms with Gasteiger partial charge in [-0.2, -0.15) is 0 Å². The Kier molecular flexibility index (Phi) is 6.16. The average molecular weight is 440 g/mol. The fourth-order valence-electron chi connectivity index (χ4n) is 4.82. The van der Waals surface area contributed by atoms with Crippen LogP contribution >= 0.6 is 0 Å². The number of ether oxygens (including phenoxy) is 2. The molecule has 0 saturated carbocycles. The van der Waals surface area contributed by atoms with Gasteiger partial charge in [0, 0.05) is 49.3 Å². The lowest BCUT2D eigenvalue weighted by atomic mass is 10.0. The number of nitrogens with zero attached hydrogens (tertiary/aromatic N) is 1. The minimum Gasteiger partial charge on any atom is -0.493 e. The van der Waals surface area contributed by atoms with E-state index in [9.17, 15) is 4.79 Å². The van der Waals surface area contributed by atoms with E-state index in [-0.39, 0.29) is 11.9 Å². The molecule has 0 radical (unpaired) electrons. The highest BCUT2D eigenvalue weighted by atomic mass is 16.5. The maximum absolute atomic E-state index is 12.2. The quantitative estimate of drug-likeness (QED) is 0.460. The first-order valence-corrected chi connectivity index (χ1v) is 11.7. The molecule has 2 aliphatic carbocycles. The van der Waals surface area contributed by atoms with E-state index < -0.39 is 0 Å². The van der Waals surface area contributed by atoms with Crippen LogP contribution in [0.2, 0.25) is 0 Å². The highest BCUT2D eigenvalue weighted by Gasteiger charge is 2.25. The summed E-state index contributed by atoms with van der Waals surface area (Å²) < 4.78 is 12.1. The molecule has 0 aliphatic heterocycles. The summed E-state index contributed by atoms with van der Waals surface area (Å²) >= 11 is 0. The van der Waals surface area contributed by atoms with Crippen LogP contribution in [0.15, 0.2) is 84.6 Å². The Morgan fingerprint density at radius 3 is 2.30 bits per heavy atom. The van der Waals surface area contributed by atoms with Crippen molar-refractivity contribution in [2.45, 2.75) is 44.8 Å². The summed E-state index contributed by atoms with van der Waals surface area (Å²) in [5.41, 5.74) is 5.97. The highest BCUT2D eigenvalue weighted by molar-refractivity contribution is 5.91. The molecule has 0 saturated heterocycles. The van der Waals surface area contributed by atoms with Gasteiger partial charge >= 0.3 is 0 Å². The van der Waals surface area contributed by atoms with Gasteiger partial charge in [-0.25, -0.2) is 0 Å². The van der Waals surface area contributed by atoms with Crippen molar-refractivity contribution in [1.82, 2.24) is 0 Å². The van der Waals surface area contributed by atoms with Crippen LogP contribution in [0.3, 0.4) is 0 Å². The number of benzene rings is 3. The van der Waals surface area contributed by atoms with E-state index in [1.807, 2.05) is 30.3 Å². The zero-order valence-electron chi connectivity index (χ0n) is 19.0. The third-order valence-corrected chi connectivity index (χ3v) is 6.48. The van der Waals surface area contributed by atoms with Crippen molar-refractivity contribution >= 4 is 11.5 Å². The highest BCUT2D eigenvalue weighted by Crippen LogP contribution is 2.37. The third-order valence-electron chi connectivity index (χ3n) is 6.48. The lowest BCUT2D eigenvalue weighted by Gasteiger charge is -2.30. The molecular weight excluding hydrogens is 410 g/mol. The van der Waals surface area contributed by atoms with Gasteiger partial charge in [-0.3, -0.25) is 4.79 Å². The molecule has 3 aromatic rings. The van der Waals surface area contributed by atoms with E-state index in [4.69, 9.17) is 9.47 Å². The smallest absolute Gasteiger partial charge is 0.163 e. The topological polar surface area (TPSA) is 38.8 Å². The number of fused-ring (bicyclic) bond motifs is 1. The molecule has 4 heteroatoms. The van der Waals surface area contributed by atoms with E-state index in [1.165, 1.54) is 16.7 Å². The third kappa shape index (κ3) is 4.80. The second-order valence-electron chi connectivity index (χ2n) is 8.78. The Hall–Kier alpha value is -3.53. The maximum atomic E-state index is 12.2. The van der Waals surface area contributed by atoms with E-state index in [1.54, 1.807) is 7.11 Å². The Balaban J connectivity index is 1.46. The first-order valence-electron chi connectivity index (χ1n) is 11.7. The van der Waals surface area contributed by atoms with Gasteiger partial charge in [-0.15, -0.1) is 0 Å². The molecule has 5 rings (SSSR count). The van der Waals surface area contributed by atoms with Gasteiger partial charge < -0.3 is 14.4 Å². The standard InChI is InChI=1S/C29H29NO3/c1-32-28-15-14-25(19-29(28)33-27-16-22-10-5-6-11-23(22)17-27)30(20-21-8-3-2-4-9-21)24-12-7-13-26(31)18-24/h2-6,8-11,14-15,18-19,27H,7,12-13,16-17,20H2,1H3. The summed E-state index contributed by atoms with van der Waals surface area (Å²) in [6.45, 7) is 0.695. The zero-order valence-corrected chi connectivity index (χ0v) is 19.0. The molecular formula is C29H29NO3. The van der Waals surface area contributed by atoms with Crippen molar-refractivity contribution in [3.05, 3.63) is 101 Å². The van der Waals surface area contributed by atoms with Crippen molar-refractivity contribution < 1.29 is 14.3 Å². The van der Waals surface area contributed by atoms with Crippen LogP contribution < -0.4 is 14.4 Å². The molecule has 0 bridgehead atoms. The minimum absolute atomic E-state index is 0.0876. The fourth-order valence-corrected chi connectivity index (χ4v) is 4.82. The lowest BCUT2D eigenvalue weighted by molar-refractivity contribution is -0.115. The molecule has 0 unspecified atom stereocenters. The van der Waals surface area contributed by atoms with Gasteiger partial charge in [-0.1, -0.05) is 54.6 Å². The number of ketones is 1. The SMILES string of the molecule is COc1ccc(N(Cc2ccccc2)C2=CC(=O)CCC2)cc1OC1Cc2ccccc2C1. The molecule has 0 fully saturated rings. The number of allylic oxidation sites excluding steroid dienone is 2. The summed E-state index contributed by atoms with van der Waals surface area (Å²) in [5, 5.41) is 0. The molecule has 0 heterocycles. The normalized spacial score (nSPS) is 15.7. The summed E-state index contributed by atoms with van der Waals surface area (Å²) in [6.07, 6.45) is 6.10. The number of carbonyl (C=O) groups is 1. The van der Waals surface area contributed by atoms with Gasteiger partial charge in [0.15, 0.2) is 17.3 Å². The van der Waals surface area contributed by atoms with Gasteiger partial charge in [0.25, 0.3) is 0 Å². The zero-order chi connectivity index (χ0) is 22.6. The van der Waals surface area contributed by atoms with Gasteiger partial charge in [0.2, 0.25) is 0 Å². The summed E-state index contributed by atoms with van der Waals surface area (Å²) in [5.74, 6) is 1.67. The summed E-state index contributed by atoms with van der Waals surface area (Å²) in [6, 6.07) is 25.0. The Morgan fingerprint density at radius 1 is 0.879 bits per heavy atom. The molecule has 33 heavy (non-hydrogen) atoms. The van der Waals surface area contributed by atoms with Crippen molar-refractivity contribution in [3.8, 4) is 11.5 Å². The predicted octanol–water partition coefficient (Wildman–Crippen LogP) is 5.88. The van der Waals surface area contributed by atoms with Crippen LogP contribution in [-0.4, -0.2) is 19.0 Å². The Labute approximate surface area is 195 Å². The van der Waals surface area contributed by atoms with Crippen molar-refractivity contribution in [1.29, 1.82) is 0 Å². The molecule has 0 atom stereocenters. The van der Waals surface area contributed by atoms with E-state index in [2.05, 4.69) is 53.4 Å². The first-order chi connectivity index (χ1) is 16.2. The van der Waals surface area contributed by atoms with Crippen LogP contribution in [0, 0.1) is 0 Å². The second-order valence-corrected chi connectivity index (χ2v) is 8.78. The Morgan fingerprint density at radius 2 is 1.61 bits per heavy atom. The maximum Gasteiger partial charge on any atom is 0.163 e. The molecule has 0 N–H and O–H groups in total. The monoisotopic (exact) mass is 439 g/mol. The molecule has 0 amide bonds. The van der Waals surface area contributed by atoms with Gasteiger partial charge in [0.05, 0.1) is 7.11 Å². The van der Waals surface area contributed by atoms with E-state index >= 15 is 0 Å². The minimum atomic E-state index is 0.0876. The number of hydrogen-bond acceptors (Lipinski definition) is 4. The molecule has 0 aromatic heterocycles. The van der Waals surface area contributed by atoms with E-state index in [0.29, 0.717) is 13.0 Å². The van der Waals surface area contributed by atoms with Crippen LogP contribution in [0.4, 0.5) is 5.69 Å². The largest absolute Gasteiger partial charge is 0.493 e. The molecule has 3 aromatic carbocycles. The average Bonchev–Trinajstić information content (AvgIpc) is 3.25.